The fourth-order valence-electron chi connectivity index (χ4n) is 2.77. The molecule has 0 N–H and O–H groups in total. The number of thiazole rings is 1. The van der Waals surface area contributed by atoms with E-state index in [1.165, 1.54) is 12.8 Å². The first-order valence-electron chi connectivity index (χ1n) is 7.35. The Hall–Kier alpha value is -1.75. The molecule has 0 aliphatic heterocycles. The van der Waals surface area contributed by atoms with E-state index in [4.69, 9.17) is 0 Å². The number of rotatable bonds is 4. The highest BCUT2D eigenvalue weighted by Crippen LogP contribution is 2.24. The van der Waals surface area contributed by atoms with E-state index in [-0.39, 0.29) is 5.91 Å². The molecule has 1 fully saturated rings. The summed E-state index contributed by atoms with van der Waals surface area (Å²) in [5.74, 6) is 0.166. The van der Waals surface area contributed by atoms with E-state index in [1.807, 2.05) is 35.5 Å². The molecule has 0 unspecified atom stereocenters. The van der Waals surface area contributed by atoms with Crippen LogP contribution in [-0.2, 0) is 11.2 Å². The molecule has 110 valence electrons. The van der Waals surface area contributed by atoms with Gasteiger partial charge in [0.05, 0.1) is 17.8 Å². The van der Waals surface area contributed by atoms with Crippen molar-refractivity contribution in [3.05, 3.63) is 35.5 Å². The summed E-state index contributed by atoms with van der Waals surface area (Å²) in [6, 6.07) is 6.20. The average Bonchev–Trinajstić information content (AvgIpc) is 3.19. The lowest BCUT2D eigenvalue weighted by Gasteiger charge is -2.23. The SMILES string of the molecule is CN(C(=O)Cc1csc(-c2ccccn2)n1)C1CCCC1. The van der Waals surface area contributed by atoms with Crippen molar-refractivity contribution in [1.82, 2.24) is 14.9 Å². The second-order valence-electron chi connectivity index (χ2n) is 5.48. The molecule has 1 saturated carbocycles. The summed E-state index contributed by atoms with van der Waals surface area (Å²) in [5.41, 5.74) is 1.71. The first-order valence-corrected chi connectivity index (χ1v) is 8.23. The maximum atomic E-state index is 12.3. The van der Waals surface area contributed by atoms with Gasteiger partial charge < -0.3 is 4.90 Å². The number of aromatic nitrogens is 2. The van der Waals surface area contributed by atoms with Gasteiger partial charge in [-0.25, -0.2) is 4.98 Å². The number of pyridine rings is 1. The van der Waals surface area contributed by atoms with Gasteiger partial charge in [0.15, 0.2) is 0 Å². The van der Waals surface area contributed by atoms with Crippen molar-refractivity contribution in [3.8, 4) is 10.7 Å². The third-order valence-corrected chi connectivity index (χ3v) is 4.95. The zero-order valence-corrected chi connectivity index (χ0v) is 13.0. The summed E-state index contributed by atoms with van der Waals surface area (Å²) in [4.78, 5) is 23.1. The first-order chi connectivity index (χ1) is 10.2. The summed E-state index contributed by atoms with van der Waals surface area (Å²) in [5, 5.41) is 2.84. The number of nitrogens with zero attached hydrogens (tertiary/aromatic N) is 3. The van der Waals surface area contributed by atoms with Crippen LogP contribution < -0.4 is 0 Å². The van der Waals surface area contributed by atoms with Crippen molar-refractivity contribution in [2.45, 2.75) is 38.1 Å². The molecular formula is C16H19N3OS. The zero-order chi connectivity index (χ0) is 14.7. The number of likely N-dealkylation sites (N-methyl/N-ethyl adjacent to an activating group) is 1. The van der Waals surface area contributed by atoms with Gasteiger partial charge >= 0.3 is 0 Å². The van der Waals surface area contributed by atoms with Gasteiger partial charge in [0.2, 0.25) is 5.91 Å². The monoisotopic (exact) mass is 301 g/mol. The molecule has 3 rings (SSSR count). The van der Waals surface area contributed by atoms with Crippen LogP contribution in [0.4, 0.5) is 0 Å². The lowest BCUT2D eigenvalue weighted by atomic mass is 10.2. The molecule has 1 aliphatic rings. The van der Waals surface area contributed by atoms with Gasteiger partial charge in [-0.15, -0.1) is 11.3 Å². The van der Waals surface area contributed by atoms with E-state index in [0.717, 1.165) is 29.2 Å². The Balaban J connectivity index is 1.65. The molecule has 2 aromatic heterocycles. The van der Waals surface area contributed by atoms with Crippen molar-refractivity contribution < 1.29 is 4.79 Å². The molecule has 1 amide bonds. The lowest BCUT2D eigenvalue weighted by Crippen LogP contribution is -2.36. The minimum Gasteiger partial charge on any atom is -0.342 e. The van der Waals surface area contributed by atoms with Gasteiger partial charge in [0.25, 0.3) is 0 Å². The predicted octanol–water partition coefficient (Wildman–Crippen LogP) is 3.15. The molecule has 0 radical (unpaired) electrons. The minimum atomic E-state index is 0.166. The molecule has 2 heterocycles. The Bertz CT molecular complexity index is 605. The van der Waals surface area contributed by atoms with E-state index >= 15 is 0 Å². The molecule has 4 nitrogen and oxygen atoms in total. The Morgan fingerprint density at radius 3 is 2.90 bits per heavy atom. The molecule has 0 bridgehead atoms. The van der Waals surface area contributed by atoms with Crippen molar-refractivity contribution in [2.75, 3.05) is 7.05 Å². The second kappa shape index (κ2) is 6.35. The van der Waals surface area contributed by atoms with Gasteiger partial charge in [0.1, 0.15) is 5.01 Å². The quantitative estimate of drug-likeness (QED) is 0.871. The first kappa shape index (κ1) is 14.2. The molecule has 0 saturated heterocycles. The van der Waals surface area contributed by atoms with Crippen LogP contribution in [0.15, 0.2) is 29.8 Å². The molecule has 1 aliphatic carbocycles. The van der Waals surface area contributed by atoms with Crippen LogP contribution >= 0.6 is 11.3 Å². The summed E-state index contributed by atoms with van der Waals surface area (Å²) in [6.07, 6.45) is 6.90. The standard InChI is InChI=1S/C16H19N3OS/c1-19(13-6-2-3-7-13)15(20)10-12-11-21-16(18-12)14-8-4-5-9-17-14/h4-5,8-9,11,13H,2-3,6-7,10H2,1H3. The van der Waals surface area contributed by atoms with Crippen LogP contribution in [0.3, 0.4) is 0 Å². The largest absolute Gasteiger partial charge is 0.342 e. The fraction of sp³-hybridized carbons (Fsp3) is 0.438. The Labute approximate surface area is 128 Å². The highest BCUT2D eigenvalue weighted by molar-refractivity contribution is 7.13. The van der Waals surface area contributed by atoms with E-state index in [2.05, 4.69) is 9.97 Å². The van der Waals surface area contributed by atoms with Gasteiger partial charge in [-0.3, -0.25) is 9.78 Å². The van der Waals surface area contributed by atoms with Crippen LogP contribution in [0.5, 0.6) is 0 Å². The Morgan fingerprint density at radius 1 is 1.38 bits per heavy atom. The minimum absolute atomic E-state index is 0.166. The highest BCUT2D eigenvalue weighted by atomic mass is 32.1. The van der Waals surface area contributed by atoms with Crippen LogP contribution in [0.25, 0.3) is 10.7 Å². The van der Waals surface area contributed by atoms with Crippen LogP contribution in [0, 0.1) is 0 Å². The number of amides is 1. The maximum Gasteiger partial charge on any atom is 0.228 e. The summed E-state index contributed by atoms with van der Waals surface area (Å²) in [6.45, 7) is 0. The molecule has 0 spiro atoms. The van der Waals surface area contributed by atoms with Gasteiger partial charge in [-0.2, -0.15) is 0 Å². The predicted molar refractivity (Wildman–Crippen MR) is 84.1 cm³/mol. The van der Waals surface area contributed by atoms with E-state index in [9.17, 15) is 4.79 Å². The molecule has 2 aromatic rings. The number of hydrogen-bond acceptors (Lipinski definition) is 4. The third-order valence-electron chi connectivity index (χ3n) is 4.03. The van der Waals surface area contributed by atoms with E-state index in [0.29, 0.717) is 12.5 Å². The summed E-state index contributed by atoms with van der Waals surface area (Å²) < 4.78 is 0. The van der Waals surface area contributed by atoms with Crippen LogP contribution in [-0.4, -0.2) is 33.9 Å². The average molecular weight is 301 g/mol. The molecule has 5 heteroatoms. The molecule has 0 atom stereocenters. The fourth-order valence-corrected chi connectivity index (χ4v) is 3.57. The third kappa shape index (κ3) is 3.29. The second-order valence-corrected chi connectivity index (χ2v) is 6.34. The van der Waals surface area contributed by atoms with E-state index < -0.39 is 0 Å². The Kier molecular flexibility index (Phi) is 4.29. The normalized spacial score (nSPS) is 15.3. The van der Waals surface area contributed by atoms with Crippen LogP contribution in [0.1, 0.15) is 31.4 Å². The summed E-state index contributed by atoms with van der Waals surface area (Å²) >= 11 is 1.54. The van der Waals surface area contributed by atoms with Gasteiger partial charge in [-0.05, 0) is 25.0 Å². The van der Waals surface area contributed by atoms with Crippen molar-refractivity contribution in [2.24, 2.45) is 0 Å². The van der Waals surface area contributed by atoms with Crippen molar-refractivity contribution in [1.29, 1.82) is 0 Å². The number of carbonyl (C=O) groups is 1. The lowest BCUT2D eigenvalue weighted by molar-refractivity contribution is -0.131. The number of carbonyl (C=O) groups excluding carboxylic acids is 1. The van der Waals surface area contributed by atoms with Crippen molar-refractivity contribution in [3.63, 3.8) is 0 Å². The van der Waals surface area contributed by atoms with E-state index in [1.54, 1.807) is 17.5 Å². The maximum absolute atomic E-state index is 12.3. The molecular weight excluding hydrogens is 282 g/mol. The van der Waals surface area contributed by atoms with Gasteiger partial charge in [0, 0.05) is 24.7 Å². The topological polar surface area (TPSA) is 46.1 Å². The smallest absolute Gasteiger partial charge is 0.228 e. The van der Waals surface area contributed by atoms with Crippen molar-refractivity contribution >= 4 is 17.2 Å². The molecule has 21 heavy (non-hydrogen) atoms. The number of hydrogen-bond donors (Lipinski definition) is 0. The van der Waals surface area contributed by atoms with Crippen LogP contribution in [0.2, 0.25) is 0 Å². The Morgan fingerprint density at radius 2 is 2.19 bits per heavy atom. The highest BCUT2D eigenvalue weighted by Gasteiger charge is 2.23. The van der Waals surface area contributed by atoms with Gasteiger partial charge in [-0.1, -0.05) is 18.9 Å². The summed E-state index contributed by atoms with van der Waals surface area (Å²) in [7, 11) is 1.92. The zero-order valence-electron chi connectivity index (χ0n) is 12.2. The molecule has 0 aromatic carbocycles.